The van der Waals surface area contributed by atoms with Gasteiger partial charge in [-0.3, -0.25) is 29.0 Å². The summed E-state index contributed by atoms with van der Waals surface area (Å²) < 4.78 is 0. The molecule has 0 aliphatic rings. The maximum Gasteiger partial charge on any atom is 0.303 e. The zero-order valence-corrected chi connectivity index (χ0v) is 45.8. The van der Waals surface area contributed by atoms with Crippen LogP contribution in [0.2, 0.25) is 0 Å². The molecule has 6 unspecified atom stereocenters. The van der Waals surface area contributed by atoms with Crippen LogP contribution < -0.4 is 55.1 Å². The van der Waals surface area contributed by atoms with Crippen LogP contribution in [0.5, 0.6) is 0 Å². The molecule has 0 aliphatic heterocycles. The molecule has 0 aromatic rings. The molecule has 67 heavy (non-hydrogen) atoms. The molecule has 0 fully saturated rings. The minimum atomic E-state index is -0.924. The molecule has 0 rings (SSSR count). The van der Waals surface area contributed by atoms with Crippen molar-refractivity contribution in [1.29, 1.82) is 0 Å². The fourth-order valence-electron chi connectivity index (χ4n) is 4.07. The van der Waals surface area contributed by atoms with Crippen molar-refractivity contribution in [1.82, 2.24) is 32.1 Å². The number of carboxylic acids is 1. The number of aliphatic hydroxyl groups is 1. The molecule has 26 heteroatoms. The second-order valence-corrected chi connectivity index (χ2v) is 15.9. The number of amides is 3. The van der Waals surface area contributed by atoms with Gasteiger partial charge in [0.05, 0.1) is 18.5 Å². The average Bonchev–Trinajstić information content (AvgIpc) is 3.29. The number of aldehydes is 4. The van der Waals surface area contributed by atoms with Crippen LogP contribution in [-0.2, 0) is 64.2 Å². The molecule has 17 N–H and O–H groups in total. The number of likely N-dealkylation sites (N-methyl/N-ethyl adjacent to an activating group) is 2. The number of aliphatic imine (C=N–C) groups is 1. The number of carboxylic acid groups (broad SMARTS) is 2. The van der Waals surface area contributed by atoms with E-state index in [1.165, 1.54) is 7.05 Å². The van der Waals surface area contributed by atoms with Crippen molar-refractivity contribution in [2.75, 3.05) is 52.8 Å². The van der Waals surface area contributed by atoms with E-state index in [1.807, 2.05) is 14.0 Å². The van der Waals surface area contributed by atoms with Crippen LogP contribution in [0.25, 0.3) is 0 Å². The Bertz CT molecular complexity index is 1200. The summed E-state index contributed by atoms with van der Waals surface area (Å²) in [6.45, 7) is 17.1. The summed E-state index contributed by atoms with van der Waals surface area (Å²) in [4.78, 5) is 94.6. The largest absolute Gasteiger partial charge is 0.483 e. The molecule has 0 spiro atoms. The Kier molecular flexibility index (Phi) is 88.1. The number of rotatable bonds is 30. The van der Waals surface area contributed by atoms with Gasteiger partial charge in [0.2, 0.25) is 18.2 Å². The van der Waals surface area contributed by atoms with E-state index in [1.54, 1.807) is 34.8 Å². The van der Waals surface area contributed by atoms with Crippen LogP contribution in [0, 0.1) is 17.8 Å². The van der Waals surface area contributed by atoms with Crippen LogP contribution in [0.4, 0.5) is 0 Å². The monoisotopic (exact) mass is 1170 g/mol. The molecule has 0 aromatic heterocycles. The Labute approximate surface area is 421 Å². The molecule has 3 amide bonds. The fraction of sp³-hybridized carbons (Fsp3) is 0.707. The van der Waals surface area contributed by atoms with Gasteiger partial charge in [-0.1, -0.05) is 62.3 Å². The second kappa shape index (κ2) is 71.0. The number of hydrogen-bond acceptors (Lipinski definition) is 18. The van der Waals surface area contributed by atoms with E-state index in [4.69, 9.17) is 36.4 Å². The molecule has 6 atom stereocenters. The van der Waals surface area contributed by atoms with Gasteiger partial charge in [-0.05, 0) is 66.1 Å². The van der Waals surface area contributed by atoms with E-state index >= 15 is 0 Å². The molecule has 0 aliphatic carbocycles. The van der Waals surface area contributed by atoms with Crippen molar-refractivity contribution in [3.63, 3.8) is 0 Å². The predicted molar refractivity (Wildman–Crippen MR) is 267 cm³/mol. The van der Waals surface area contributed by atoms with Crippen LogP contribution in [0.3, 0.4) is 0 Å². The number of aliphatic carboxylic acids is 1. The summed E-state index contributed by atoms with van der Waals surface area (Å²) in [7, 11) is 9.35. The third kappa shape index (κ3) is 76.6. The molecule has 0 radical (unpaired) electrons. The summed E-state index contributed by atoms with van der Waals surface area (Å²) in [5, 5.41) is 33.5. The minimum absolute atomic E-state index is 0. The van der Waals surface area contributed by atoms with Crippen molar-refractivity contribution >= 4 is 83.4 Å². The van der Waals surface area contributed by atoms with Crippen molar-refractivity contribution < 1.29 is 79.5 Å². The van der Waals surface area contributed by atoms with Crippen molar-refractivity contribution in [2.45, 2.75) is 117 Å². The molecule has 0 heterocycles. The van der Waals surface area contributed by atoms with Gasteiger partial charge in [-0.2, -0.15) is 0 Å². The van der Waals surface area contributed by atoms with Gasteiger partial charge in [0.15, 0.2) is 5.96 Å². The van der Waals surface area contributed by atoms with Crippen molar-refractivity contribution in [3.05, 3.63) is 12.8 Å². The van der Waals surface area contributed by atoms with E-state index in [0.717, 1.165) is 50.6 Å². The number of hydrazine groups is 1. The Morgan fingerprint density at radius 3 is 1.73 bits per heavy atom. The van der Waals surface area contributed by atoms with Gasteiger partial charge < -0.3 is 84.1 Å². The maximum atomic E-state index is 12.0. The van der Waals surface area contributed by atoms with Gasteiger partial charge in [-0.15, -0.1) is 0 Å². The van der Waals surface area contributed by atoms with Gasteiger partial charge in [0.25, 0.3) is 6.47 Å². The zero-order valence-electron chi connectivity index (χ0n) is 41.3. The van der Waals surface area contributed by atoms with Crippen LogP contribution in [0.15, 0.2) is 17.8 Å². The van der Waals surface area contributed by atoms with Crippen molar-refractivity contribution in [3.8, 4) is 0 Å². The first-order valence-corrected chi connectivity index (χ1v) is 23.5. The topological polar surface area (TPSA) is 403 Å². The zero-order chi connectivity index (χ0) is 53.1. The molecule has 0 bridgehead atoms. The number of primary amides is 1. The van der Waals surface area contributed by atoms with E-state index < -0.39 is 5.97 Å². The molecule has 0 saturated heterocycles. The Balaban J connectivity index is -0.0000000976. The van der Waals surface area contributed by atoms with Crippen LogP contribution >= 0.6 is 21.6 Å². The Hall–Kier alpha value is -3.97. The van der Waals surface area contributed by atoms with E-state index in [2.05, 4.69) is 89.8 Å². The third-order valence-electron chi connectivity index (χ3n) is 7.81. The summed E-state index contributed by atoms with van der Waals surface area (Å²) in [5.74, 6) is 1.69. The number of hydrogen-bond donors (Lipinski definition) is 13. The molecule has 23 nitrogen and oxygen atoms in total. The van der Waals surface area contributed by atoms with E-state index in [9.17, 15) is 33.6 Å². The number of carbonyl (C=O) groups is 9. The van der Waals surface area contributed by atoms with Gasteiger partial charge in [0, 0.05) is 96.2 Å². The fourth-order valence-corrected chi connectivity index (χ4v) is 5.97. The summed E-state index contributed by atoms with van der Waals surface area (Å²) in [5.41, 5.74) is 24.9. The predicted octanol–water partition coefficient (Wildman–Crippen LogP) is -0.0641. The van der Waals surface area contributed by atoms with Crippen molar-refractivity contribution in [2.24, 2.45) is 45.7 Å². The minimum Gasteiger partial charge on any atom is -0.483 e. The second-order valence-electron chi connectivity index (χ2n) is 13.2. The number of nitrogens with two attached hydrogens (primary N) is 4. The molecular formula is C41H87N11O12S2W. The summed E-state index contributed by atoms with van der Waals surface area (Å²) in [6, 6.07) is -0.310. The van der Waals surface area contributed by atoms with Gasteiger partial charge >= 0.3 is 5.97 Å². The molecule has 396 valence electrons. The van der Waals surface area contributed by atoms with Gasteiger partial charge in [0.1, 0.15) is 25.1 Å². The molecule has 0 saturated carbocycles. The first kappa shape index (κ1) is 83.1. The number of guanidine groups is 1. The van der Waals surface area contributed by atoms with Crippen LogP contribution in [-0.4, -0.2) is 154 Å². The Morgan fingerprint density at radius 1 is 0.836 bits per heavy atom. The number of carbonyl (C=O) groups excluding carboxylic acids is 7. The number of nitrogens with zero attached hydrogens (tertiary/aromatic N) is 1. The first-order valence-electron chi connectivity index (χ1n) is 21.0. The van der Waals surface area contributed by atoms with Gasteiger partial charge in [-0.25, -0.2) is 5.43 Å². The quantitative estimate of drug-likeness (QED) is 0.0112. The SMILES string of the molecule is C=CNNCCSSCCC(=O)NC(C)C(C=O)CCCN=C(N)N.CCC(C)C(C)NC(=O)C(CC(C)C)NC.CN.CNC(C=O)CC=O.CO.NC=O.O=CCCC(=O)O.O=CO.[W]. The summed E-state index contributed by atoms with van der Waals surface area (Å²) >= 11 is 0. The maximum absolute atomic E-state index is 12.0. The normalized spacial score (nSPS) is 11.7. The number of nitrogens with one attached hydrogen (secondary N) is 6. The van der Waals surface area contributed by atoms with E-state index in [-0.39, 0.29) is 101 Å². The first-order chi connectivity index (χ1) is 31.4. The Morgan fingerprint density at radius 2 is 1.37 bits per heavy atom. The number of aliphatic hydroxyl groups excluding tert-OH is 1. The smallest absolute Gasteiger partial charge is 0.303 e. The average molecular weight is 1170 g/mol. The standard InChI is InChI=1S/C15H30N6O2S2.C13H28N2O.C5H9NO2.C4H6O3.CH3NO.CH5N.CH2O2.CH4O.W/c1-3-19-20-8-10-25-24-9-6-14(23)21-12(2)13(11-22)5-4-7-18-15(16)17;1-7-10(4)11(5)15-13(16)12(14-6)8-9(2)3;1-6-5(4-8)2-3-7;5-3-1-2-4(6)7;2-1-3;1-2;2-1-3;1-2;/h3,11-13,19-20H,1,4-10H2,2H3,(H,21,23)(H4,16,17,18);9-12,14H,7-8H2,1-6H3,(H,15,16);3-6H,2H2,1H3;3H,1-2H2,(H,6,7);1H,(H2,2,3);2H2,1H3;1H,(H,2,3);2H,1H3;. The van der Waals surface area contributed by atoms with Crippen LogP contribution in [0.1, 0.15) is 92.9 Å². The van der Waals surface area contributed by atoms with E-state index in [0.29, 0.717) is 50.2 Å². The molecule has 0 aromatic carbocycles. The molecular weight excluding hydrogens is 1090 g/mol. The summed E-state index contributed by atoms with van der Waals surface area (Å²) in [6.07, 6.45) is 8.81. The third-order valence-corrected chi connectivity index (χ3v) is 10.2.